The largest absolute Gasteiger partial charge is 0.419 e. The summed E-state index contributed by atoms with van der Waals surface area (Å²) in [6.45, 7) is 2.00. The molecule has 108 valence electrons. The molecule has 2 aromatic rings. The monoisotopic (exact) mass is 303 g/mol. The minimum Gasteiger partial charge on any atom is -0.234 e. The quantitative estimate of drug-likeness (QED) is 0.800. The van der Waals surface area contributed by atoms with E-state index in [2.05, 4.69) is 10.1 Å². The molecule has 0 aliphatic heterocycles. The van der Waals surface area contributed by atoms with Crippen molar-refractivity contribution in [2.75, 3.05) is 0 Å². The molecule has 0 atom stereocenters. The number of hydrogen-bond acceptors (Lipinski definition) is 2. The van der Waals surface area contributed by atoms with E-state index < -0.39 is 11.7 Å². The van der Waals surface area contributed by atoms with Gasteiger partial charge in [-0.1, -0.05) is 13.3 Å². The number of nitrogens with zero attached hydrogens (tertiary/aromatic N) is 3. The summed E-state index contributed by atoms with van der Waals surface area (Å²) in [6, 6.07) is 3.49. The molecule has 0 N–H and O–H groups in total. The van der Waals surface area contributed by atoms with Crippen LogP contribution in [-0.2, 0) is 18.5 Å². The number of aryl methyl sites for hydroxylation is 1. The lowest BCUT2D eigenvalue weighted by Gasteiger charge is -2.07. The van der Waals surface area contributed by atoms with Gasteiger partial charge in [-0.25, -0.2) is 9.67 Å². The maximum Gasteiger partial charge on any atom is 0.419 e. The molecule has 0 saturated carbocycles. The molecule has 2 aromatic heterocycles. The van der Waals surface area contributed by atoms with Crippen molar-refractivity contribution in [2.45, 2.75) is 31.8 Å². The number of aromatic nitrogens is 3. The van der Waals surface area contributed by atoms with Gasteiger partial charge in [-0.3, -0.25) is 0 Å². The lowest BCUT2D eigenvalue weighted by atomic mass is 10.2. The second-order valence-electron chi connectivity index (χ2n) is 4.38. The van der Waals surface area contributed by atoms with Gasteiger partial charge in [-0.15, -0.1) is 11.6 Å². The number of alkyl halides is 4. The SMILES string of the molecule is CCCc1cc(CCl)cc(-n2cc(C(F)(F)F)cn2)n1. The van der Waals surface area contributed by atoms with Gasteiger partial charge in [0.15, 0.2) is 5.82 Å². The van der Waals surface area contributed by atoms with Crippen molar-refractivity contribution in [1.29, 1.82) is 0 Å². The molecule has 0 spiro atoms. The van der Waals surface area contributed by atoms with Gasteiger partial charge in [0.2, 0.25) is 0 Å². The van der Waals surface area contributed by atoms with Crippen LogP contribution in [-0.4, -0.2) is 14.8 Å². The fourth-order valence-electron chi connectivity index (χ4n) is 1.81. The zero-order valence-corrected chi connectivity index (χ0v) is 11.5. The van der Waals surface area contributed by atoms with Gasteiger partial charge in [0.1, 0.15) is 0 Å². The van der Waals surface area contributed by atoms with Crippen molar-refractivity contribution in [3.63, 3.8) is 0 Å². The van der Waals surface area contributed by atoms with Crippen LogP contribution >= 0.6 is 11.6 Å². The predicted molar refractivity (Wildman–Crippen MR) is 69.9 cm³/mol. The molecule has 0 amide bonds. The van der Waals surface area contributed by atoms with Gasteiger partial charge in [0.25, 0.3) is 0 Å². The smallest absolute Gasteiger partial charge is 0.234 e. The Morgan fingerprint density at radius 1 is 1.30 bits per heavy atom. The second-order valence-corrected chi connectivity index (χ2v) is 4.65. The van der Waals surface area contributed by atoms with Gasteiger partial charge in [-0.05, 0) is 24.1 Å². The second kappa shape index (κ2) is 5.83. The first-order valence-electron chi connectivity index (χ1n) is 6.12. The Bertz CT molecular complexity index is 593. The molecule has 3 nitrogen and oxygen atoms in total. The van der Waals surface area contributed by atoms with Gasteiger partial charge < -0.3 is 0 Å². The molecule has 0 radical (unpaired) electrons. The van der Waals surface area contributed by atoms with E-state index in [0.717, 1.165) is 41.2 Å². The number of hydrogen-bond donors (Lipinski definition) is 0. The van der Waals surface area contributed by atoms with Crippen LogP contribution in [0.3, 0.4) is 0 Å². The summed E-state index contributed by atoms with van der Waals surface area (Å²) in [4.78, 5) is 4.31. The van der Waals surface area contributed by atoms with Crippen LogP contribution in [0.25, 0.3) is 5.82 Å². The molecular formula is C13H13ClF3N3. The molecule has 7 heteroatoms. The normalized spacial score (nSPS) is 11.8. The Hall–Kier alpha value is -1.56. The summed E-state index contributed by atoms with van der Waals surface area (Å²) in [7, 11) is 0. The highest BCUT2D eigenvalue weighted by molar-refractivity contribution is 6.17. The maximum atomic E-state index is 12.6. The summed E-state index contributed by atoms with van der Waals surface area (Å²) >= 11 is 5.80. The van der Waals surface area contributed by atoms with E-state index in [9.17, 15) is 13.2 Å². The first-order chi connectivity index (χ1) is 9.44. The summed E-state index contributed by atoms with van der Waals surface area (Å²) in [5.74, 6) is 0.627. The van der Waals surface area contributed by atoms with Crippen LogP contribution in [0.15, 0.2) is 24.5 Å². The van der Waals surface area contributed by atoms with Crippen LogP contribution in [0, 0.1) is 0 Å². The molecule has 0 bridgehead atoms. The van der Waals surface area contributed by atoms with Gasteiger partial charge in [0, 0.05) is 17.8 Å². The Kier molecular flexibility index (Phi) is 4.32. The molecule has 0 unspecified atom stereocenters. The molecule has 0 saturated heterocycles. The fraction of sp³-hybridized carbons (Fsp3) is 0.385. The van der Waals surface area contributed by atoms with Crippen LogP contribution in [0.1, 0.15) is 30.2 Å². The van der Waals surface area contributed by atoms with Crippen molar-refractivity contribution in [2.24, 2.45) is 0 Å². The zero-order chi connectivity index (χ0) is 14.8. The maximum absolute atomic E-state index is 12.6. The standard InChI is InChI=1S/C13H13ClF3N3/c1-2-3-11-4-9(6-14)5-12(19-11)20-8-10(7-18-20)13(15,16)17/h4-5,7-8H,2-3,6H2,1H3. The molecule has 20 heavy (non-hydrogen) atoms. The van der Waals surface area contributed by atoms with Crippen molar-refractivity contribution < 1.29 is 13.2 Å². The Morgan fingerprint density at radius 3 is 2.60 bits per heavy atom. The van der Waals surface area contributed by atoms with E-state index >= 15 is 0 Å². The highest BCUT2D eigenvalue weighted by Crippen LogP contribution is 2.29. The summed E-state index contributed by atoms with van der Waals surface area (Å²) in [5.41, 5.74) is 0.807. The predicted octanol–water partition coefficient (Wildman–Crippen LogP) is 3.98. The summed E-state index contributed by atoms with van der Waals surface area (Å²) in [6.07, 6.45) is -1.06. The van der Waals surface area contributed by atoms with Crippen molar-refractivity contribution in [1.82, 2.24) is 14.8 Å². The number of pyridine rings is 1. The van der Waals surface area contributed by atoms with Gasteiger partial charge >= 0.3 is 6.18 Å². The van der Waals surface area contributed by atoms with Crippen molar-refractivity contribution in [3.8, 4) is 5.82 Å². The topological polar surface area (TPSA) is 30.7 Å². The first kappa shape index (κ1) is 14.8. The third-order valence-electron chi connectivity index (χ3n) is 2.73. The van der Waals surface area contributed by atoms with E-state index in [1.165, 1.54) is 0 Å². The summed E-state index contributed by atoms with van der Waals surface area (Å²) < 4.78 is 38.8. The van der Waals surface area contributed by atoms with Crippen LogP contribution in [0.4, 0.5) is 13.2 Å². The van der Waals surface area contributed by atoms with E-state index in [-0.39, 0.29) is 5.88 Å². The van der Waals surface area contributed by atoms with Crippen molar-refractivity contribution >= 4 is 11.6 Å². The molecule has 2 heterocycles. The van der Waals surface area contributed by atoms with E-state index in [1.54, 1.807) is 6.07 Å². The van der Waals surface area contributed by atoms with Crippen LogP contribution < -0.4 is 0 Å². The first-order valence-corrected chi connectivity index (χ1v) is 6.65. The highest BCUT2D eigenvalue weighted by atomic mass is 35.5. The Labute approximate surface area is 119 Å². The minimum absolute atomic E-state index is 0.277. The molecule has 0 fully saturated rings. The van der Waals surface area contributed by atoms with Gasteiger partial charge in [0.05, 0.1) is 11.8 Å². The lowest BCUT2D eigenvalue weighted by molar-refractivity contribution is -0.137. The fourth-order valence-corrected chi connectivity index (χ4v) is 1.96. The van der Waals surface area contributed by atoms with E-state index in [4.69, 9.17) is 11.6 Å². The van der Waals surface area contributed by atoms with Crippen molar-refractivity contribution in [3.05, 3.63) is 41.3 Å². The molecular weight excluding hydrogens is 291 g/mol. The van der Waals surface area contributed by atoms with Gasteiger partial charge in [-0.2, -0.15) is 18.3 Å². The average molecular weight is 304 g/mol. The summed E-state index contributed by atoms with van der Waals surface area (Å²) in [5, 5.41) is 3.72. The van der Waals surface area contributed by atoms with Crippen LogP contribution in [0.5, 0.6) is 0 Å². The molecule has 0 aliphatic carbocycles. The lowest BCUT2D eigenvalue weighted by Crippen LogP contribution is -2.04. The number of halogens is 4. The average Bonchev–Trinajstić information content (AvgIpc) is 2.88. The third kappa shape index (κ3) is 3.30. The molecule has 0 aromatic carbocycles. The Morgan fingerprint density at radius 2 is 2.05 bits per heavy atom. The molecule has 2 rings (SSSR count). The molecule has 0 aliphatic rings. The van der Waals surface area contributed by atoms with Crippen LogP contribution in [0.2, 0.25) is 0 Å². The third-order valence-corrected chi connectivity index (χ3v) is 3.04. The zero-order valence-electron chi connectivity index (χ0n) is 10.8. The number of rotatable bonds is 4. The van der Waals surface area contributed by atoms with E-state index in [1.807, 2.05) is 13.0 Å². The van der Waals surface area contributed by atoms with E-state index in [0.29, 0.717) is 5.82 Å². The minimum atomic E-state index is -4.41. The Balaban J connectivity index is 2.41. The highest BCUT2D eigenvalue weighted by Gasteiger charge is 2.32.